The summed E-state index contributed by atoms with van der Waals surface area (Å²) in [6, 6.07) is 10.4. The molecule has 2 saturated heterocycles. The van der Waals surface area contributed by atoms with Crippen LogP contribution in [0, 0.1) is 6.92 Å². The fourth-order valence-corrected chi connectivity index (χ4v) is 4.74. The first kappa shape index (κ1) is 28.2. The Labute approximate surface area is 205 Å². The summed E-state index contributed by atoms with van der Waals surface area (Å²) >= 11 is 0. The second-order valence-corrected chi connectivity index (χ2v) is 9.91. The number of aryl methyl sites for hydroxylation is 1. The fraction of sp³-hybridized carbons (Fsp3) is 0.667. The molecular formula is C27H44F2N4O. The van der Waals surface area contributed by atoms with Gasteiger partial charge in [0, 0.05) is 62.5 Å². The predicted octanol–water partition coefficient (Wildman–Crippen LogP) is 6.49. The van der Waals surface area contributed by atoms with Gasteiger partial charge in [0.1, 0.15) is 11.5 Å². The van der Waals surface area contributed by atoms with E-state index in [9.17, 15) is 8.78 Å². The molecule has 0 aliphatic carbocycles. The molecule has 192 valence electrons. The number of hydrogen-bond acceptors (Lipinski definition) is 5. The highest BCUT2D eigenvalue weighted by Gasteiger charge is 2.30. The number of anilines is 1. The Balaban J connectivity index is 0.000000243. The zero-order valence-corrected chi connectivity index (χ0v) is 21.0. The van der Waals surface area contributed by atoms with E-state index in [-0.39, 0.29) is 13.0 Å². The van der Waals surface area contributed by atoms with Crippen molar-refractivity contribution in [2.75, 3.05) is 37.6 Å². The van der Waals surface area contributed by atoms with Crippen LogP contribution in [0.4, 0.5) is 14.5 Å². The first-order valence-corrected chi connectivity index (χ1v) is 12.2. The molecule has 4 rings (SSSR count). The lowest BCUT2D eigenvalue weighted by atomic mass is 10.1. The van der Waals surface area contributed by atoms with Gasteiger partial charge in [-0.15, -0.1) is 0 Å². The average molecular weight is 479 g/mol. The monoisotopic (exact) mass is 478 g/mol. The van der Waals surface area contributed by atoms with Crippen molar-refractivity contribution in [1.29, 1.82) is 0 Å². The van der Waals surface area contributed by atoms with Crippen LogP contribution in [0.3, 0.4) is 0 Å². The van der Waals surface area contributed by atoms with Crippen molar-refractivity contribution in [3.8, 4) is 0 Å². The van der Waals surface area contributed by atoms with Crippen LogP contribution < -0.4 is 4.90 Å². The number of alkyl halides is 2. The molecule has 1 aromatic heterocycles. The molecule has 1 unspecified atom stereocenters. The van der Waals surface area contributed by atoms with Crippen molar-refractivity contribution in [2.45, 2.75) is 85.9 Å². The Morgan fingerprint density at radius 1 is 1.00 bits per heavy atom. The number of likely N-dealkylation sites (tertiary alicyclic amines) is 1. The summed E-state index contributed by atoms with van der Waals surface area (Å²) in [6.45, 7) is 16.7. The van der Waals surface area contributed by atoms with Crippen LogP contribution in [-0.2, 0) is 5.92 Å². The van der Waals surface area contributed by atoms with Gasteiger partial charge >= 0.3 is 0 Å². The van der Waals surface area contributed by atoms with E-state index >= 15 is 0 Å². The highest BCUT2D eigenvalue weighted by molar-refractivity contribution is 5.49. The normalized spacial score (nSPS) is 19.8. The molecule has 5 nitrogen and oxygen atoms in total. The van der Waals surface area contributed by atoms with E-state index in [0.717, 1.165) is 50.2 Å². The third kappa shape index (κ3) is 7.25. The number of hydrogen-bond donors (Lipinski definition) is 0. The van der Waals surface area contributed by atoms with Crippen LogP contribution in [0.2, 0.25) is 0 Å². The van der Waals surface area contributed by atoms with E-state index in [4.69, 9.17) is 4.52 Å². The average Bonchev–Trinajstić information content (AvgIpc) is 3.43. The van der Waals surface area contributed by atoms with Gasteiger partial charge in [0.25, 0.3) is 5.92 Å². The minimum absolute atomic E-state index is 0. The SMILES string of the molecule is C.CC(C)N1CCN(c2cccc(C(C)(F)F)c2)CC1.Cc1cc(C2CCCN2C(C)C)no1. The van der Waals surface area contributed by atoms with Crippen molar-refractivity contribution in [3.63, 3.8) is 0 Å². The predicted molar refractivity (Wildman–Crippen MR) is 137 cm³/mol. The summed E-state index contributed by atoms with van der Waals surface area (Å²) in [5.41, 5.74) is 2.10. The maximum atomic E-state index is 13.3. The molecule has 0 radical (unpaired) electrons. The van der Waals surface area contributed by atoms with Crippen molar-refractivity contribution < 1.29 is 13.3 Å². The Hall–Kier alpha value is -1.99. The number of nitrogens with zero attached hydrogens (tertiary/aromatic N) is 4. The maximum Gasteiger partial charge on any atom is 0.270 e. The summed E-state index contributed by atoms with van der Waals surface area (Å²) in [5.74, 6) is -1.86. The molecule has 2 aliphatic rings. The summed E-state index contributed by atoms with van der Waals surface area (Å²) in [5, 5.41) is 4.11. The van der Waals surface area contributed by atoms with Gasteiger partial charge in [-0.3, -0.25) is 9.80 Å². The van der Waals surface area contributed by atoms with Crippen LogP contribution in [0.25, 0.3) is 0 Å². The van der Waals surface area contributed by atoms with Gasteiger partial charge in [0.2, 0.25) is 0 Å². The highest BCUT2D eigenvalue weighted by atomic mass is 19.3. The highest BCUT2D eigenvalue weighted by Crippen LogP contribution is 2.33. The second kappa shape index (κ2) is 12.1. The first-order chi connectivity index (χ1) is 15.6. The largest absolute Gasteiger partial charge is 0.369 e. The van der Waals surface area contributed by atoms with Crippen LogP contribution in [-0.4, -0.2) is 59.8 Å². The van der Waals surface area contributed by atoms with E-state index in [0.29, 0.717) is 18.1 Å². The molecule has 7 heteroatoms. The quantitative estimate of drug-likeness (QED) is 0.491. The number of piperazine rings is 1. The Morgan fingerprint density at radius 2 is 1.68 bits per heavy atom. The van der Waals surface area contributed by atoms with Gasteiger partial charge in [0.05, 0.1) is 6.04 Å². The van der Waals surface area contributed by atoms with E-state index in [1.54, 1.807) is 12.1 Å². The lowest BCUT2D eigenvalue weighted by molar-refractivity contribution is 0.0175. The van der Waals surface area contributed by atoms with Crippen LogP contribution in [0.15, 0.2) is 34.9 Å². The molecule has 2 aromatic rings. The minimum atomic E-state index is -2.77. The van der Waals surface area contributed by atoms with E-state index < -0.39 is 5.92 Å². The molecular weight excluding hydrogens is 434 g/mol. The fourth-order valence-electron chi connectivity index (χ4n) is 4.74. The molecule has 1 atom stereocenters. The number of aromatic nitrogens is 1. The Kier molecular flexibility index (Phi) is 10.1. The minimum Gasteiger partial charge on any atom is -0.369 e. The van der Waals surface area contributed by atoms with Gasteiger partial charge in [-0.05, 0) is 66.1 Å². The smallest absolute Gasteiger partial charge is 0.270 e. The van der Waals surface area contributed by atoms with Crippen molar-refractivity contribution in [3.05, 3.63) is 47.3 Å². The molecule has 2 aliphatic heterocycles. The standard InChI is InChI=1S/C15H22F2N2.C11H18N2O.CH4/c1-12(2)18-7-9-19(10-8-18)14-6-4-5-13(11-14)15(3,16)17;1-8(2)13-6-4-5-11(13)10-7-9(3)14-12-10;/h4-6,11-12H,7-10H2,1-3H3;7-8,11H,4-6H2,1-3H3;1H4. The van der Waals surface area contributed by atoms with Gasteiger partial charge in [-0.25, -0.2) is 8.78 Å². The van der Waals surface area contributed by atoms with E-state index in [1.807, 2.05) is 13.0 Å². The summed E-state index contributed by atoms with van der Waals surface area (Å²) in [4.78, 5) is 7.10. The lowest BCUT2D eigenvalue weighted by Crippen LogP contribution is -2.48. The molecule has 0 bridgehead atoms. The lowest BCUT2D eigenvalue weighted by Gasteiger charge is -2.38. The molecule has 0 amide bonds. The second-order valence-electron chi connectivity index (χ2n) is 9.91. The summed E-state index contributed by atoms with van der Waals surface area (Å²) < 4.78 is 31.8. The third-order valence-corrected chi connectivity index (χ3v) is 6.71. The van der Waals surface area contributed by atoms with Gasteiger partial charge in [-0.2, -0.15) is 0 Å². The number of halogens is 2. The van der Waals surface area contributed by atoms with Crippen molar-refractivity contribution >= 4 is 5.69 Å². The number of benzene rings is 1. The zero-order valence-electron chi connectivity index (χ0n) is 21.0. The third-order valence-electron chi connectivity index (χ3n) is 6.71. The van der Waals surface area contributed by atoms with Crippen LogP contribution in [0.5, 0.6) is 0 Å². The van der Waals surface area contributed by atoms with Crippen LogP contribution in [0.1, 0.15) is 77.9 Å². The molecule has 34 heavy (non-hydrogen) atoms. The Morgan fingerprint density at radius 3 is 2.21 bits per heavy atom. The van der Waals surface area contributed by atoms with Gasteiger partial charge in [0.15, 0.2) is 0 Å². The zero-order chi connectivity index (χ0) is 24.2. The molecule has 3 heterocycles. The molecule has 2 fully saturated rings. The maximum absolute atomic E-state index is 13.3. The summed E-state index contributed by atoms with van der Waals surface area (Å²) in [7, 11) is 0. The van der Waals surface area contributed by atoms with E-state index in [1.165, 1.54) is 25.5 Å². The first-order valence-electron chi connectivity index (χ1n) is 12.2. The van der Waals surface area contributed by atoms with Gasteiger partial charge < -0.3 is 9.42 Å². The summed E-state index contributed by atoms with van der Waals surface area (Å²) in [6.07, 6.45) is 2.49. The topological polar surface area (TPSA) is 35.8 Å². The molecule has 0 N–H and O–H groups in total. The van der Waals surface area contributed by atoms with Crippen molar-refractivity contribution in [2.24, 2.45) is 0 Å². The molecule has 0 spiro atoms. The van der Waals surface area contributed by atoms with Crippen molar-refractivity contribution in [1.82, 2.24) is 15.0 Å². The Bertz CT molecular complexity index is 870. The molecule has 0 saturated carbocycles. The molecule has 1 aromatic carbocycles. The van der Waals surface area contributed by atoms with Gasteiger partial charge in [-0.1, -0.05) is 24.7 Å². The number of rotatable bonds is 5. The van der Waals surface area contributed by atoms with E-state index in [2.05, 4.69) is 53.6 Å². The van der Waals surface area contributed by atoms with Crippen LogP contribution >= 0.6 is 0 Å².